The Bertz CT molecular complexity index is 645. The van der Waals surface area contributed by atoms with Crippen LogP contribution in [0.15, 0.2) is 29.6 Å². The first-order chi connectivity index (χ1) is 11.2. The topological polar surface area (TPSA) is 71.2 Å². The molecule has 122 valence electrons. The molecule has 2 aromatic rings. The van der Waals surface area contributed by atoms with Gasteiger partial charge in [0.2, 0.25) is 5.91 Å². The number of carbonyl (C=O) groups is 1. The Kier molecular flexibility index (Phi) is 5.25. The molecule has 0 spiro atoms. The van der Waals surface area contributed by atoms with E-state index in [2.05, 4.69) is 39.5 Å². The molecule has 1 aromatic carbocycles. The van der Waals surface area contributed by atoms with E-state index in [4.69, 9.17) is 5.73 Å². The first kappa shape index (κ1) is 16.0. The fourth-order valence-electron chi connectivity index (χ4n) is 2.84. The summed E-state index contributed by atoms with van der Waals surface area (Å²) in [5.41, 5.74) is 9.38. The van der Waals surface area contributed by atoms with Crippen LogP contribution in [0.3, 0.4) is 0 Å². The molecule has 0 aliphatic carbocycles. The SMILES string of the molecule is Nc1nc(CCCNC(=O)CCN2Cc3ccccc3C2)cs1. The van der Waals surface area contributed by atoms with Gasteiger partial charge in [-0.1, -0.05) is 24.3 Å². The number of amides is 1. The molecule has 0 saturated carbocycles. The Morgan fingerprint density at radius 2 is 2.04 bits per heavy atom. The summed E-state index contributed by atoms with van der Waals surface area (Å²) in [5.74, 6) is 0.124. The standard InChI is InChI=1S/C17H22N4OS/c18-17-20-15(12-23-17)6-3-8-19-16(22)7-9-21-10-13-4-1-2-5-14(13)11-21/h1-2,4-5,12H,3,6-11H2,(H2,18,20)(H,19,22). The van der Waals surface area contributed by atoms with E-state index in [9.17, 15) is 4.79 Å². The van der Waals surface area contributed by atoms with Crippen LogP contribution in [0.2, 0.25) is 0 Å². The van der Waals surface area contributed by atoms with Crippen molar-refractivity contribution in [3.05, 3.63) is 46.5 Å². The van der Waals surface area contributed by atoms with Crippen molar-refractivity contribution in [2.75, 3.05) is 18.8 Å². The summed E-state index contributed by atoms with van der Waals surface area (Å²) >= 11 is 1.46. The summed E-state index contributed by atoms with van der Waals surface area (Å²) < 4.78 is 0. The molecule has 2 heterocycles. The lowest BCUT2D eigenvalue weighted by Crippen LogP contribution is -2.29. The molecular formula is C17H22N4OS. The maximum atomic E-state index is 11.9. The number of aromatic nitrogens is 1. The molecule has 0 fully saturated rings. The van der Waals surface area contributed by atoms with E-state index in [0.717, 1.165) is 38.2 Å². The van der Waals surface area contributed by atoms with Gasteiger partial charge in [-0.3, -0.25) is 9.69 Å². The summed E-state index contributed by atoms with van der Waals surface area (Å²) in [6.07, 6.45) is 2.30. The van der Waals surface area contributed by atoms with Gasteiger partial charge in [0, 0.05) is 38.0 Å². The van der Waals surface area contributed by atoms with Gasteiger partial charge < -0.3 is 11.1 Å². The largest absolute Gasteiger partial charge is 0.375 e. The number of benzene rings is 1. The number of rotatable bonds is 7. The molecule has 0 unspecified atom stereocenters. The van der Waals surface area contributed by atoms with Crippen LogP contribution in [0.5, 0.6) is 0 Å². The Balaban J connectivity index is 1.30. The van der Waals surface area contributed by atoms with Crippen molar-refractivity contribution >= 4 is 22.4 Å². The van der Waals surface area contributed by atoms with Crippen LogP contribution >= 0.6 is 11.3 Å². The molecule has 6 heteroatoms. The summed E-state index contributed by atoms with van der Waals surface area (Å²) in [6, 6.07) is 8.48. The summed E-state index contributed by atoms with van der Waals surface area (Å²) in [6.45, 7) is 3.41. The number of aryl methyl sites for hydroxylation is 1. The summed E-state index contributed by atoms with van der Waals surface area (Å²) in [5, 5.41) is 5.57. The average Bonchev–Trinajstić information content (AvgIpc) is 3.15. The van der Waals surface area contributed by atoms with Crippen LogP contribution in [0.1, 0.15) is 29.7 Å². The van der Waals surface area contributed by atoms with Gasteiger partial charge in [-0.25, -0.2) is 4.98 Å². The van der Waals surface area contributed by atoms with E-state index in [1.807, 2.05) is 5.38 Å². The van der Waals surface area contributed by atoms with Crippen molar-refractivity contribution in [3.8, 4) is 0 Å². The fraction of sp³-hybridized carbons (Fsp3) is 0.412. The van der Waals surface area contributed by atoms with Crippen LogP contribution in [-0.4, -0.2) is 28.9 Å². The second-order valence-electron chi connectivity index (χ2n) is 5.86. The van der Waals surface area contributed by atoms with Gasteiger partial charge in [0.25, 0.3) is 0 Å². The predicted molar refractivity (Wildman–Crippen MR) is 93.0 cm³/mol. The van der Waals surface area contributed by atoms with E-state index in [-0.39, 0.29) is 5.91 Å². The van der Waals surface area contributed by atoms with Gasteiger partial charge in [0.15, 0.2) is 5.13 Å². The van der Waals surface area contributed by atoms with Crippen LogP contribution in [0, 0.1) is 0 Å². The second kappa shape index (κ2) is 7.57. The molecule has 0 saturated heterocycles. The number of nitrogen functional groups attached to an aromatic ring is 1. The van der Waals surface area contributed by atoms with Crippen LogP contribution in [-0.2, 0) is 24.3 Å². The van der Waals surface area contributed by atoms with Crippen molar-refractivity contribution in [1.29, 1.82) is 0 Å². The number of thiazole rings is 1. The molecule has 1 amide bonds. The zero-order valence-corrected chi connectivity index (χ0v) is 13.9. The Labute approximate surface area is 140 Å². The quantitative estimate of drug-likeness (QED) is 0.763. The van der Waals surface area contributed by atoms with Crippen molar-refractivity contribution in [2.24, 2.45) is 0 Å². The molecule has 23 heavy (non-hydrogen) atoms. The first-order valence-corrected chi connectivity index (χ1v) is 8.84. The Hall–Kier alpha value is -1.92. The van der Waals surface area contributed by atoms with E-state index in [1.165, 1.54) is 22.5 Å². The average molecular weight is 330 g/mol. The van der Waals surface area contributed by atoms with Gasteiger partial charge in [-0.15, -0.1) is 11.3 Å². The molecule has 1 aromatic heterocycles. The van der Waals surface area contributed by atoms with Crippen LogP contribution in [0.25, 0.3) is 0 Å². The van der Waals surface area contributed by atoms with Crippen LogP contribution in [0.4, 0.5) is 5.13 Å². The number of carbonyl (C=O) groups excluding carboxylic acids is 1. The molecule has 0 atom stereocenters. The third-order valence-corrected chi connectivity index (χ3v) is 4.79. The van der Waals surface area contributed by atoms with E-state index >= 15 is 0 Å². The highest BCUT2D eigenvalue weighted by molar-refractivity contribution is 7.13. The lowest BCUT2D eigenvalue weighted by Gasteiger charge is -2.14. The minimum atomic E-state index is 0.124. The third-order valence-electron chi connectivity index (χ3n) is 4.06. The zero-order chi connectivity index (χ0) is 16.1. The number of nitrogens with two attached hydrogens (primary N) is 1. The normalized spacial score (nSPS) is 13.9. The molecule has 0 radical (unpaired) electrons. The van der Waals surface area contributed by atoms with Gasteiger partial charge in [-0.2, -0.15) is 0 Å². The molecular weight excluding hydrogens is 308 g/mol. The summed E-state index contributed by atoms with van der Waals surface area (Å²) in [7, 11) is 0. The van der Waals surface area contributed by atoms with Gasteiger partial charge in [0.1, 0.15) is 0 Å². The van der Waals surface area contributed by atoms with Crippen molar-refractivity contribution in [2.45, 2.75) is 32.4 Å². The number of hydrogen-bond acceptors (Lipinski definition) is 5. The number of nitrogens with one attached hydrogen (secondary N) is 1. The zero-order valence-electron chi connectivity index (χ0n) is 13.1. The third kappa shape index (κ3) is 4.53. The molecule has 3 N–H and O–H groups in total. The van der Waals surface area contributed by atoms with Gasteiger partial charge in [-0.05, 0) is 24.0 Å². The lowest BCUT2D eigenvalue weighted by molar-refractivity contribution is -0.121. The number of fused-ring (bicyclic) bond motifs is 1. The Morgan fingerprint density at radius 3 is 2.70 bits per heavy atom. The minimum Gasteiger partial charge on any atom is -0.375 e. The smallest absolute Gasteiger partial charge is 0.221 e. The number of anilines is 1. The van der Waals surface area contributed by atoms with Gasteiger partial charge >= 0.3 is 0 Å². The number of hydrogen-bond donors (Lipinski definition) is 2. The maximum absolute atomic E-state index is 11.9. The highest BCUT2D eigenvalue weighted by Crippen LogP contribution is 2.21. The van der Waals surface area contributed by atoms with Crippen molar-refractivity contribution < 1.29 is 4.79 Å². The van der Waals surface area contributed by atoms with Gasteiger partial charge in [0.05, 0.1) is 5.69 Å². The highest BCUT2D eigenvalue weighted by atomic mass is 32.1. The minimum absolute atomic E-state index is 0.124. The molecule has 1 aliphatic rings. The maximum Gasteiger partial charge on any atom is 0.221 e. The van der Waals surface area contributed by atoms with E-state index < -0.39 is 0 Å². The Morgan fingerprint density at radius 1 is 1.30 bits per heavy atom. The van der Waals surface area contributed by atoms with E-state index in [1.54, 1.807) is 0 Å². The molecule has 1 aliphatic heterocycles. The van der Waals surface area contributed by atoms with Crippen LogP contribution < -0.4 is 11.1 Å². The fourth-order valence-corrected chi connectivity index (χ4v) is 3.44. The van der Waals surface area contributed by atoms with Crippen molar-refractivity contribution in [3.63, 3.8) is 0 Å². The molecule has 3 rings (SSSR count). The summed E-state index contributed by atoms with van der Waals surface area (Å²) in [4.78, 5) is 18.5. The predicted octanol–water partition coefficient (Wildman–Crippen LogP) is 2.18. The lowest BCUT2D eigenvalue weighted by atomic mass is 10.1. The highest BCUT2D eigenvalue weighted by Gasteiger charge is 2.18. The number of nitrogens with zero attached hydrogens (tertiary/aromatic N) is 2. The second-order valence-corrected chi connectivity index (χ2v) is 6.75. The van der Waals surface area contributed by atoms with Crippen molar-refractivity contribution in [1.82, 2.24) is 15.2 Å². The van der Waals surface area contributed by atoms with E-state index in [0.29, 0.717) is 18.1 Å². The molecule has 0 bridgehead atoms. The first-order valence-electron chi connectivity index (χ1n) is 7.96. The molecule has 5 nitrogen and oxygen atoms in total. The monoisotopic (exact) mass is 330 g/mol.